The average Bonchev–Trinajstić information content (AvgIpc) is 2.48. The van der Waals surface area contributed by atoms with Crippen LogP contribution in [0, 0.1) is 20.8 Å². The van der Waals surface area contributed by atoms with Crippen LogP contribution in [0.2, 0.25) is 0 Å². The Kier molecular flexibility index (Phi) is 4.53. The Balaban J connectivity index is 1.92. The van der Waals surface area contributed by atoms with Gasteiger partial charge in [-0.15, -0.1) is 0 Å². The third-order valence-electron chi connectivity index (χ3n) is 4.09. The van der Waals surface area contributed by atoms with Crippen LogP contribution in [0.1, 0.15) is 29.1 Å². The summed E-state index contributed by atoms with van der Waals surface area (Å²) in [5.41, 5.74) is 6.00. The number of rotatable bonds is 4. The molecular formula is C19H21N3O2. The Bertz CT molecular complexity index is 882. The molecule has 0 aliphatic carbocycles. The number of aryl methyl sites for hydroxylation is 3. The number of dihydropyridines is 1. The number of methoxy groups -OCH3 is 1. The summed E-state index contributed by atoms with van der Waals surface area (Å²) < 4.78 is 5.13. The molecule has 24 heavy (non-hydrogen) atoms. The van der Waals surface area contributed by atoms with Gasteiger partial charge in [-0.3, -0.25) is 4.79 Å². The zero-order chi connectivity index (χ0) is 17.3. The van der Waals surface area contributed by atoms with Crippen molar-refractivity contribution in [2.75, 3.05) is 13.7 Å². The fourth-order valence-corrected chi connectivity index (χ4v) is 3.15. The van der Waals surface area contributed by atoms with Gasteiger partial charge in [0.2, 0.25) is 0 Å². The summed E-state index contributed by atoms with van der Waals surface area (Å²) in [7, 11) is 1.62. The Morgan fingerprint density at radius 1 is 1.17 bits per heavy atom. The maximum atomic E-state index is 11.8. The van der Waals surface area contributed by atoms with Gasteiger partial charge in [0.1, 0.15) is 5.82 Å². The molecule has 1 amide bonds. The van der Waals surface area contributed by atoms with Gasteiger partial charge in [0.15, 0.2) is 0 Å². The maximum Gasteiger partial charge on any atom is 0.269 e. The Morgan fingerprint density at radius 3 is 2.71 bits per heavy atom. The van der Waals surface area contributed by atoms with Crippen LogP contribution in [0.4, 0.5) is 0 Å². The number of ether oxygens (including phenoxy) is 1. The van der Waals surface area contributed by atoms with E-state index in [2.05, 4.69) is 36.0 Å². The van der Waals surface area contributed by atoms with Crippen LogP contribution in [0.15, 0.2) is 28.8 Å². The topological polar surface area (TPSA) is 64.4 Å². The normalized spacial score (nSPS) is 14.8. The molecule has 124 valence electrons. The molecule has 0 fully saturated rings. The number of benzene rings is 1. The van der Waals surface area contributed by atoms with Crippen LogP contribution >= 0.6 is 0 Å². The highest BCUT2D eigenvalue weighted by atomic mass is 16.5. The Labute approximate surface area is 141 Å². The van der Waals surface area contributed by atoms with E-state index >= 15 is 0 Å². The van der Waals surface area contributed by atoms with Crippen molar-refractivity contribution < 1.29 is 9.53 Å². The van der Waals surface area contributed by atoms with Crippen molar-refractivity contribution in [1.82, 2.24) is 9.97 Å². The molecule has 0 bridgehead atoms. The number of aliphatic imine (C=N–C) groups is 1. The van der Waals surface area contributed by atoms with Gasteiger partial charge in [-0.2, -0.15) is 0 Å². The largest absolute Gasteiger partial charge is 0.380 e. The van der Waals surface area contributed by atoms with Gasteiger partial charge in [0, 0.05) is 42.8 Å². The molecule has 0 unspecified atom stereocenters. The first-order valence-electron chi connectivity index (χ1n) is 7.99. The van der Waals surface area contributed by atoms with E-state index in [1.165, 1.54) is 5.56 Å². The second kappa shape index (κ2) is 6.61. The van der Waals surface area contributed by atoms with Crippen molar-refractivity contribution in [2.24, 2.45) is 4.99 Å². The van der Waals surface area contributed by atoms with Crippen LogP contribution in [-0.2, 0) is 16.0 Å². The summed E-state index contributed by atoms with van der Waals surface area (Å²) in [5.74, 6) is 0.477. The molecule has 1 aromatic heterocycles. The molecular weight excluding hydrogens is 302 g/mol. The van der Waals surface area contributed by atoms with Gasteiger partial charge in [0.05, 0.1) is 12.1 Å². The quantitative estimate of drug-likeness (QED) is 0.867. The lowest BCUT2D eigenvalue weighted by Crippen LogP contribution is -2.16. The van der Waals surface area contributed by atoms with Crippen LogP contribution in [-0.4, -0.2) is 35.3 Å². The van der Waals surface area contributed by atoms with Crippen molar-refractivity contribution in [3.63, 3.8) is 0 Å². The van der Waals surface area contributed by atoms with Gasteiger partial charge in [-0.1, -0.05) is 11.6 Å². The molecule has 1 aliphatic rings. The van der Waals surface area contributed by atoms with Crippen molar-refractivity contribution in [2.45, 2.75) is 33.6 Å². The number of amides is 1. The van der Waals surface area contributed by atoms with Gasteiger partial charge < -0.3 is 4.74 Å². The molecule has 0 saturated carbocycles. The maximum absolute atomic E-state index is 11.8. The number of hydrogen-bond donors (Lipinski definition) is 0. The van der Waals surface area contributed by atoms with Gasteiger partial charge in [0.25, 0.3) is 5.91 Å². The van der Waals surface area contributed by atoms with Gasteiger partial charge >= 0.3 is 0 Å². The van der Waals surface area contributed by atoms with E-state index < -0.39 is 0 Å². The predicted molar refractivity (Wildman–Crippen MR) is 94.5 cm³/mol. The molecule has 0 spiro atoms. The lowest BCUT2D eigenvalue weighted by molar-refractivity contribution is -0.113. The Morgan fingerprint density at radius 2 is 1.96 bits per heavy atom. The molecule has 1 aromatic carbocycles. The monoisotopic (exact) mass is 323 g/mol. The summed E-state index contributed by atoms with van der Waals surface area (Å²) in [4.78, 5) is 25.2. The highest BCUT2D eigenvalue weighted by Crippen LogP contribution is 2.22. The number of fused-ring (bicyclic) bond motifs is 1. The smallest absolute Gasteiger partial charge is 0.269 e. The third-order valence-corrected chi connectivity index (χ3v) is 4.09. The number of aromatic nitrogens is 2. The van der Waals surface area contributed by atoms with E-state index in [1.54, 1.807) is 13.2 Å². The van der Waals surface area contributed by atoms with Crippen molar-refractivity contribution in [3.8, 4) is 0 Å². The first-order chi connectivity index (χ1) is 11.5. The second-order valence-corrected chi connectivity index (χ2v) is 6.31. The molecule has 0 saturated heterocycles. The van der Waals surface area contributed by atoms with E-state index in [-0.39, 0.29) is 5.91 Å². The Hall–Kier alpha value is -2.40. The SMILES string of the molecule is COCC1=CC(=O)N=C(Cc2nc(C)c3cc(C)cc(C)c3n2)C1. The minimum Gasteiger partial charge on any atom is -0.380 e. The van der Waals surface area contributed by atoms with Crippen molar-refractivity contribution in [1.29, 1.82) is 0 Å². The molecule has 0 N–H and O–H groups in total. The summed E-state index contributed by atoms with van der Waals surface area (Å²) in [6, 6.07) is 4.24. The zero-order valence-electron chi connectivity index (χ0n) is 14.5. The summed E-state index contributed by atoms with van der Waals surface area (Å²) >= 11 is 0. The fraction of sp³-hybridized carbons (Fsp3) is 0.368. The lowest BCUT2D eigenvalue weighted by atomic mass is 10.0. The van der Waals surface area contributed by atoms with E-state index in [0.29, 0.717) is 25.3 Å². The number of carbonyl (C=O) groups excluding carboxylic acids is 1. The molecule has 2 aromatic rings. The highest BCUT2D eigenvalue weighted by molar-refractivity contribution is 6.05. The van der Waals surface area contributed by atoms with E-state index in [0.717, 1.165) is 33.4 Å². The molecule has 3 rings (SSSR count). The van der Waals surface area contributed by atoms with Crippen molar-refractivity contribution >= 4 is 22.5 Å². The lowest BCUT2D eigenvalue weighted by Gasteiger charge is -2.14. The number of carbonyl (C=O) groups is 1. The summed E-state index contributed by atoms with van der Waals surface area (Å²) in [5, 5.41) is 1.08. The van der Waals surface area contributed by atoms with Crippen LogP contribution in [0.25, 0.3) is 10.9 Å². The third kappa shape index (κ3) is 3.41. The molecule has 2 heterocycles. The minimum absolute atomic E-state index is 0.229. The fourth-order valence-electron chi connectivity index (χ4n) is 3.15. The molecule has 1 aliphatic heterocycles. The zero-order valence-corrected chi connectivity index (χ0v) is 14.5. The van der Waals surface area contributed by atoms with E-state index in [4.69, 9.17) is 9.72 Å². The average molecular weight is 323 g/mol. The van der Waals surface area contributed by atoms with E-state index in [1.807, 2.05) is 6.92 Å². The highest BCUT2D eigenvalue weighted by Gasteiger charge is 2.16. The van der Waals surface area contributed by atoms with Crippen molar-refractivity contribution in [3.05, 3.63) is 46.4 Å². The second-order valence-electron chi connectivity index (χ2n) is 6.31. The first kappa shape index (κ1) is 16.5. The number of nitrogens with zero attached hydrogens (tertiary/aromatic N) is 3. The minimum atomic E-state index is -0.229. The number of hydrogen-bond acceptors (Lipinski definition) is 4. The first-order valence-corrected chi connectivity index (χ1v) is 7.99. The van der Waals surface area contributed by atoms with Crippen LogP contribution in [0.5, 0.6) is 0 Å². The van der Waals surface area contributed by atoms with Crippen LogP contribution < -0.4 is 0 Å². The molecule has 5 heteroatoms. The summed E-state index contributed by atoms with van der Waals surface area (Å²) in [6.45, 7) is 6.58. The summed E-state index contributed by atoms with van der Waals surface area (Å²) in [6.07, 6.45) is 2.66. The van der Waals surface area contributed by atoms with Gasteiger partial charge in [-0.05, 0) is 38.0 Å². The molecule has 5 nitrogen and oxygen atoms in total. The standard InChI is InChI=1S/C19H21N3O2/c1-11-5-12(2)19-16(6-11)13(3)20-17(22-19)9-15-7-14(10-24-4)8-18(23)21-15/h5-6,8H,7,9-10H2,1-4H3. The molecule has 0 atom stereocenters. The molecule has 0 radical (unpaired) electrons. The van der Waals surface area contributed by atoms with Gasteiger partial charge in [-0.25, -0.2) is 15.0 Å². The van der Waals surface area contributed by atoms with E-state index in [9.17, 15) is 4.79 Å². The predicted octanol–water partition coefficient (Wildman–Crippen LogP) is 3.04. The van der Waals surface area contributed by atoms with Crippen LogP contribution in [0.3, 0.4) is 0 Å².